The molecule has 1 heterocycles. The van der Waals surface area contributed by atoms with Crippen LogP contribution in [0.3, 0.4) is 0 Å². The van der Waals surface area contributed by atoms with E-state index < -0.39 is 17.7 Å². The highest BCUT2D eigenvalue weighted by atomic mass is 16.7. The first-order valence-corrected chi connectivity index (χ1v) is 6.47. The summed E-state index contributed by atoms with van der Waals surface area (Å²) in [5.74, 6) is -3.58. The summed E-state index contributed by atoms with van der Waals surface area (Å²) in [7, 11) is 0. The highest BCUT2D eigenvalue weighted by Gasteiger charge is 2.38. The van der Waals surface area contributed by atoms with Crippen LogP contribution in [0.2, 0.25) is 0 Å². The minimum Gasteiger partial charge on any atom is -0.505 e. The lowest BCUT2D eigenvalue weighted by molar-refractivity contribution is -0.222. The number of carbonyl (C=O) groups excluding carboxylic acids is 3. The second kappa shape index (κ2) is 5.51. The predicted octanol–water partition coefficient (Wildman–Crippen LogP) is 1.73. The molecule has 2 rings (SSSR count). The summed E-state index contributed by atoms with van der Waals surface area (Å²) in [6, 6.07) is 4.50. The van der Waals surface area contributed by atoms with Crippen LogP contribution >= 0.6 is 0 Å². The van der Waals surface area contributed by atoms with E-state index >= 15 is 0 Å². The number of ketones is 1. The van der Waals surface area contributed by atoms with Crippen molar-refractivity contribution < 1.29 is 29.0 Å². The molecule has 1 saturated heterocycles. The molecule has 0 amide bonds. The molecule has 0 radical (unpaired) electrons. The summed E-state index contributed by atoms with van der Waals surface area (Å²) < 4.78 is 9.86. The minimum atomic E-state index is -1.32. The zero-order valence-corrected chi connectivity index (χ0v) is 12.3. The molecule has 0 spiro atoms. The van der Waals surface area contributed by atoms with Crippen LogP contribution in [0.1, 0.15) is 31.1 Å². The van der Waals surface area contributed by atoms with E-state index in [-0.39, 0.29) is 28.4 Å². The summed E-state index contributed by atoms with van der Waals surface area (Å²) in [5, 5.41) is 12.6. The second-order valence-electron chi connectivity index (χ2n) is 5.14. The number of aromatic hydroxyl groups is 1. The molecular weight excluding hydrogens is 290 g/mol. The number of rotatable bonds is 3. The standard InChI is InChI=1S/C15H15NO6/c1-8(17)9-5-4-6-11(12(9)18)16-7-10-13(19)21-15(2,3)22-14(10)20/h4-7,16,18H,1-3H3. The average molecular weight is 305 g/mol. The van der Waals surface area contributed by atoms with Crippen LogP contribution in [0.15, 0.2) is 30.0 Å². The smallest absolute Gasteiger partial charge is 0.350 e. The molecule has 1 fully saturated rings. The van der Waals surface area contributed by atoms with Crippen molar-refractivity contribution in [2.75, 3.05) is 5.32 Å². The third-order valence-electron chi connectivity index (χ3n) is 2.90. The Labute approximate surface area is 126 Å². The number of benzene rings is 1. The number of hydrogen-bond donors (Lipinski definition) is 2. The zero-order valence-electron chi connectivity index (χ0n) is 12.3. The Bertz CT molecular complexity index is 667. The molecule has 0 unspecified atom stereocenters. The van der Waals surface area contributed by atoms with Crippen molar-refractivity contribution in [1.29, 1.82) is 0 Å². The van der Waals surface area contributed by atoms with E-state index in [0.29, 0.717) is 0 Å². The molecule has 1 aromatic rings. The van der Waals surface area contributed by atoms with Gasteiger partial charge in [-0.25, -0.2) is 9.59 Å². The van der Waals surface area contributed by atoms with Crippen LogP contribution < -0.4 is 5.32 Å². The van der Waals surface area contributed by atoms with Gasteiger partial charge in [-0.2, -0.15) is 0 Å². The summed E-state index contributed by atoms with van der Waals surface area (Å²) >= 11 is 0. The maximum Gasteiger partial charge on any atom is 0.350 e. The molecule has 1 aromatic carbocycles. The molecule has 0 saturated carbocycles. The van der Waals surface area contributed by atoms with E-state index in [1.165, 1.54) is 32.9 Å². The molecular formula is C15H15NO6. The van der Waals surface area contributed by atoms with Gasteiger partial charge in [0.2, 0.25) is 0 Å². The third-order valence-corrected chi connectivity index (χ3v) is 2.90. The Morgan fingerprint density at radius 1 is 1.23 bits per heavy atom. The Kier molecular flexibility index (Phi) is 3.90. The van der Waals surface area contributed by atoms with E-state index in [1.54, 1.807) is 6.07 Å². The zero-order chi connectivity index (χ0) is 16.5. The molecule has 1 aliphatic heterocycles. The molecule has 1 aliphatic rings. The topological polar surface area (TPSA) is 102 Å². The maximum absolute atomic E-state index is 11.8. The van der Waals surface area contributed by atoms with Crippen molar-refractivity contribution in [3.05, 3.63) is 35.5 Å². The number of carbonyl (C=O) groups is 3. The molecule has 0 bridgehead atoms. The average Bonchev–Trinajstić information content (AvgIpc) is 2.37. The number of para-hydroxylation sites is 1. The van der Waals surface area contributed by atoms with E-state index in [0.717, 1.165) is 6.20 Å². The molecule has 116 valence electrons. The fraction of sp³-hybridized carbons (Fsp3) is 0.267. The largest absolute Gasteiger partial charge is 0.505 e. The number of phenolic OH excluding ortho intramolecular Hbond substituents is 1. The lowest BCUT2D eigenvalue weighted by Gasteiger charge is -2.29. The SMILES string of the molecule is CC(=O)c1cccc(NC=C2C(=O)OC(C)(C)OC2=O)c1O. The fourth-order valence-electron chi connectivity index (χ4n) is 1.87. The van der Waals surface area contributed by atoms with Gasteiger partial charge >= 0.3 is 11.9 Å². The normalized spacial score (nSPS) is 16.6. The lowest BCUT2D eigenvalue weighted by atomic mass is 10.1. The summed E-state index contributed by atoms with van der Waals surface area (Å²) in [4.78, 5) is 34.9. The molecule has 7 heteroatoms. The van der Waals surface area contributed by atoms with Crippen LogP contribution in [-0.2, 0) is 19.1 Å². The Hall–Kier alpha value is -2.83. The first kappa shape index (κ1) is 15.6. The highest BCUT2D eigenvalue weighted by molar-refractivity contribution is 6.15. The summed E-state index contributed by atoms with van der Waals surface area (Å²) in [5.41, 5.74) is -0.0454. The molecule has 22 heavy (non-hydrogen) atoms. The van der Waals surface area contributed by atoms with E-state index in [4.69, 9.17) is 9.47 Å². The van der Waals surface area contributed by atoms with Gasteiger partial charge in [0, 0.05) is 20.0 Å². The van der Waals surface area contributed by atoms with Gasteiger partial charge in [-0.3, -0.25) is 4.79 Å². The summed E-state index contributed by atoms with van der Waals surface area (Å²) in [6.45, 7) is 4.19. The first-order chi connectivity index (χ1) is 10.2. The van der Waals surface area contributed by atoms with Crippen LogP contribution in [0.4, 0.5) is 5.69 Å². The fourth-order valence-corrected chi connectivity index (χ4v) is 1.87. The van der Waals surface area contributed by atoms with Gasteiger partial charge in [-0.15, -0.1) is 0 Å². The first-order valence-electron chi connectivity index (χ1n) is 6.47. The van der Waals surface area contributed by atoms with Gasteiger partial charge in [0.05, 0.1) is 11.3 Å². The van der Waals surface area contributed by atoms with E-state index in [9.17, 15) is 19.5 Å². The van der Waals surface area contributed by atoms with Crippen LogP contribution in [0.5, 0.6) is 5.75 Å². The van der Waals surface area contributed by atoms with Crippen molar-refractivity contribution in [1.82, 2.24) is 0 Å². The molecule has 7 nitrogen and oxygen atoms in total. The number of cyclic esters (lactones) is 2. The van der Waals surface area contributed by atoms with Crippen molar-refractivity contribution in [2.45, 2.75) is 26.6 Å². The van der Waals surface area contributed by atoms with Gasteiger partial charge in [-0.05, 0) is 19.1 Å². The van der Waals surface area contributed by atoms with Gasteiger partial charge in [0.25, 0.3) is 5.79 Å². The molecule has 0 aromatic heterocycles. The van der Waals surface area contributed by atoms with Gasteiger partial charge in [-0.1, -0.05) is 6.07 Å². The monoisotopic (exact) mass is 305 g/mol. The highest BCUT2D eigenvalue weighted by Crippen LogP contribution is 2.28. The second-order valence-corrected chi connectivity index (χ2v) is 5.14. The van der Waals surface area contributed by atoms with E-state index in [2.05, 4.69) is 5.32 Å². The predicted molar refractivity (Wildman–Crippen MR) is 76.1 cm³/mol. The minimum absolute atomic E-state index is 0.123. The lowest BCUT2D eigenvalue weighted by Crippen LogP contribution is -2.42. The number of hydrogen-bond acceptors (Lipinski definition) is 7. The van der Waals surface area contributed by atoms with Crippen molar-refractivity contribution in [2.24, 2.45) is 0 Å². The van der Waals surface area contributed by atoms with Crippen LogP contribution in [-0.4, -0.2) is 28.6 Å². The number of esters is 2. The van der Waals surface area contributed by atoms with Crippen molar-refractivity contribution >= 4 is 23.4 Å². The molecule has 2 N–H and O–H groups in total. The molecule has 0 atom stereocenters. The third kappa shape index (κ3) is 3.08. The van der Waals surface area contributed by atoms with Gasteiger partial charge < -0.3 is 19.9 Å². The van der Waals surface area contributed by atoms with Crippen molar-refractivity contribution in [3.8, 4) is 5.75 Å². The number of anilines is 1. The number of Topliss-reactive ketones (excluding diaryl/α,β-unsaturated/α-hetero) is 1. The quantitative estimate of drug-likeness (QED) is 0.288. The number of phenols is 1. The summed E-state index contributed by atoms with van der Waals surface area (Å²) in [6.07, 6.45) is 1.07. The number of nitrogens with one attached hydrogen (secondary N) is 1. The van der Waals surface area contributed by atoms with Gasteiger partial charge in [0.1, 0.15) is 5.75 Å². The Balaban J connectivity index is 2.26. The van der Waals surface area contributed by atoms with Crippen LogP contribution in [0, 0.1) is 0 Å². The van der Waals surface area contributed by atoms with Crippen molar-refractivity contribution in [3.63, 3.8) is 0 Å². The molecule has 0 aliphatic carbocycles. The van der Waals surface area contributed by atoms with Crippen LogP contribution in [0.25, 0.3) is 0 Å². The van der Waals surface area contributed by atoms with Gasteiger partial charge in [0.15, 0.2) is 11.4 Å². The number of ether oxygens (including phenoxy) is 2. The maximum atomic E-state index is 11.8. The Morgan fingerprint density at radius 3 is 2.36 bits per heavy atom. The Morgan fingerprint density at radius 2 is 1.82 bits per heavy atom. The van der Waals surface area contributed by atoms with E-state index in [1.807, 2.05) is 0 Å².